The molecule has 1 aromatic carbocycles. The number of piperidine rings is 1. The second-order valence-corrected chi connectivity index (χ2v) is 7.14. The lowest BCUT2D eigenvalue weighted by atomic mass is 9.91. The highest BCUT2D eigenvalue weighted by molar-refractivity contribution is 5.85. The second kappa shape index (κ2) is 6.55. The van der Waals surface area contributed by atoms with Crippen LogP contribution in [0.15, 0.2) is 18.2 Å². The zero-order chi connectivity index (χ0) is 16.5. The Labute approximate surface area is 141 Å². The summed E-state index contributed by atoms with van der Waals surface area (Å²) < 4.78 is 13.6. The molecule has 4 nitrogen and oxygen atoms in total. The van der Waals surface area contributed by atoms with Gasteiger partial charge in [-0.2, -0.15) is 0 Å². The van der Waals surface area contributed by atoms with Gasteiger partial charge < -0.3 is 15.6 Å². The first-order valence-electron chi connectivity index (χ1n) is 9.01. The highest BCUT2D eigenvalue weighted by Gasteiger charge is 2.26. The first kappa shape index (κ1) is 15.6. The third kappa shape index (κ3) is 3.05. The average Bonchev–Trinajstić information content (AvgIpc) is 2.95. The predicted octanol–water partition coefficient (Wildman–Crippen LogP) is 3.19. The first-order valence-corrected chi connectivity index (χ1v) is 9.01. The summed E-state index contributed by atoms with van der Waals surface area (Å²) in [6, 6.07) is 4.89. The number of aromatic nitrogens is 1. The van der Waals surface area contributed by atoms with Crippen molar-refractivity contribution in [3.8, 4) is 0 Å². The molecular formula is C19H24FN3O. The number of benzene rings is 1. The van der Waals surface area contributed by atoms with Gasteiger partial charge in [-0.1, -0.05) is 0 Å². The Kier molecular flexibility index (Phi) is 4.27. The van der Waals surface area contributed by atoms with Crippen LogP contribution in [0, 0.1) is 11.7 Å². The van der Waals surface area contributed by atoms with Gasteiger partial charge in [0.15, 0.2) is 0 Å². The molecule has 2 aromatic rings. The number of carbonyl (C=O) groups excluding carboxylic acids is 1. The van der Waals surface area contributed by atoms with E-state index in [1.807, 2.05) is 0 Å². The van der Waals surface area contributed by atoms with Crippen molar-refractivity contribution in [2.75, 3.05) is 13.1 Å². The van der Waals surface area contributed by atoms with E-state index in [4.69, 9.17) is 0 Å². The van der Waals surface area contributed by atoms with Crippen molar-refractivity contribution >= 4 is 16.8 Å². The molecule has 1 amide bonds. The minimum Gasteiger partial charge on any atom is -0.356 e. The minimum atomic E-state index is -0.208. The molecular weight excluding hydrogens is 305 g/mol. The summed E-state index contributed by atoms with van der Waals surface area (Å²) in [6.45, 7) is 2.00. The summed E-state index contributed by atoms with van der Waals surface area (Å²) in [5.74, 6) is 0.366. The van der Waals surface area contributed by atoms with Crippen molar-refractivity contribution in [3.05, 3.63) is 35.3 Å². The number of carbonyl (C=O) groups is 1. The number of aryl methyl sites for hydroxylation is 1. The smallest absolute Gasteiger partial charge is 0.220 e. The standard InChI is InChI=1S/C19H24FN3O/c20-13-6-7-16-15(10-13)14-4-1-5-17(19(14)23-16)22-18(24)9-12-3-2-8-21-11-12/h6-7,10,12,17,21,23H,1-5,8-9,11H2,(H,22,24). The Balaban J connectivity index is 1.51. The zero-order valence-corrected chi connectivity index (χ0v) is 13.8. The summed E-state index contributed by atoms with van der Waals surface area (Å²) in [5.41, 5.74) is 3.19. The van der Waals surface area contributed by atoms with Gasteiger partial charge in [0.05, 0.1) is 6.04 Å². The molecule has 5 heteroatoms. The fourth-order valence-corrected chi connectivity index (χ4v) is 4.19. The van der Waals surface area contributed by atoms with Crippen LogP contribution in [0.3, 0.4) is 0 Å². The molecule has 128 valence electrons. The predicted molar refractivity (Wildman–Crippen MR) is 92.3 cm³/mol. The number of hydrogen-bond donors (Lipinski definition) is 3. The number of halogens is 1. The number of fused-ring (bicyclic) bond motifs is 3. The lowest BCUT2D eigenvalue weighted by molar-refractivity contribution is -0.123. The normalized spacial score (nSPS) is 23.9. The van der Waals surface area contributed by atoms with E-state index in [2.05, 4.69) is 15.6 Å². The van der Waals surface area contributed by atoms with E-state index >= 15 is 0 Å². The van der Waals surface area contributed by atoms with Crippen LogP contribution in [-0.2, 0) is 11.2 Å². The second-order valence-electron chi connectivity index (χ2n) is 7.14. The summed E-state index contributed by atoms with van der Waals surface area (Å²) in [5, 5.41) is 7.53. The van der Waals surface area contributed by atoms with E-state index in [1.165, 1.54) is 11.6 Å². The van der Waals surface area contributed by atoms with Crippen LogP contribution in [0.25, 0.3) is 10.9 Å². The Morgan fingerprint density at radius 1 is 1.29 bits per heavy atom. The number of amides is 1. The fourth-order valence-electron chi connectivity index (χ4n) is 4.19. The van der Waals surface area contributed by atoms with Gasteiger partial charge in [0.1, 0.15) is 5.82 Å². The monoisotopic (exact) mass is 329 g/mol. The van der Waals surface area contributed by atoms with Crippen LogP contribution >= 0.6 is 0 Å². The van der Waals surface area contributed by atoms with Crippen molar-refractivity contribution in [1.82, 2.24) is 15.6 Å². The van der Waals surface area contributed by atoms with E-state index in [0.29, 0.717) is 12.3 Å². The van der Waals surface area contributed by atoms with Gasteiger partial charge in [-0.25, -0.2) is 4.39 Å². The summed E-state index contributed by atoms with van der Waals surface area (Å²) >= 11 is 0. The SMILES string of the molecule is O=C(CC1CCCNC1)NC1CCCc2c1[nH]c1ccc(F)cc21. The van der Waals surface area contributed by atoms with Crippen molar-refractivity contribution in [1.29, 1.82) is 0 Å². The molecule has 1 aromatic heterocycles. The maximum absolute atomic E-state index is 13.6. The summed E-state index contributed by atoms with van der Waals surface area (Å²) in [6.07, 6.45) is 5.77. The van der Waals surface area contributed by atoms with E-state index in [0.717, 1.165) is 61.8 Å². The number of H-pyrrole nitrogens is 1. The van der Waals surface area contributed by atoms with Crippen LogP contribution in [0.1, 0.15) is 49.4 Å². The highest BCUT2D eigenvalue weighted by atomic mass is 19.1. The molecule has 0 spiro atoms. The molecule has 2 atom stereocenters. The van der Waals surface area contributed by atoms with Crippen molar-refractivity contribution in [2.24, 2.45) is 5.92 Å². The van der Waals surface area contributed by atoms with Crippen LogP contribution in [0.5, 0.6) is 0 Å². The maximum Gasteiger partial charge on any atom is 0.220 e. The van der Waals surface area contributed by atoms with Gasteiger partial charge in [-0.05, 0) is 74.9 Å². The Morgan fingerprint density at radius 2 is 2.21 bits per heavy atom. The molecule has 1 aliphatic heterocycles. The van der Waals surface area contributed by atoms with E-state index in [9.17, 15) is 9.18 Å². The molecule has 0 radical (unpaired) electrons. The fraction of sp³-hybridized carbons (Fsp3) is 0.526. The highest BCUT2D eigenvalue weighted by Crippen LogP contribution is 2.35. The van der Waals surface area contributed by atoms with Gasteiger partial charge in [-0.3, -0.25) is 4.79 Å². The summed E-state index contributed by atoms with van der Waals surface area (Å²) in [4.78, 5) is 15.9. The van der Waals surface area contributed by atoms with Crippen molar-refractivity contribution < 1.29 is 9.18 Å². The molecule has 24 heavy (non-hydrogen) atoms. The molecule has 3 N–H and O–H groups in total. The lowest BCUT2D eigenvalue weighted by Gasteiger charge is -2.26. The molecule has 1 fully saturated rings. The van der Waals surface area contributed by atoms with E-state index < -0.39 is 0 Å². The number of aromatic amines is 1. The van der Waals surface area contributed by atoms with Crippen LogP contribution in [0.2, 0.25) is 0 Å². The molecule has 0 bridgehead atoms. The quantitative estimate of drug-likeness (QED) is 0.810. The molecule has 2 heterocycles. The van der Waals surface area contributed by atoms with Crippen molar-refractivity contribution in [2.45, 2.75) is 44.6 Å². The lowest BCUT2D eigenvalue weighted by Crippen LogP contribution is -2.36. The number of hydrogen-bond acceptors (Lipinski definition) is 2. The molecule has 1 saturated heterocycles. The van der Waals surface area contributed by atoms with E-state index in [1.54, 1.807) is 12.1 Å². The van der Waals surface area contributed by atoms with Gasteiger partial charge in [-0.15, -0.1) is 0 Å². The van der Waals surface area contributed by atoms with Gasteiger partial charge in [0, 0.05) is 23.0 Å². The Bertz CT molecular complexity index is 748. The molecule has 2 unspecified atom stereocenters. The Hall–Kier alpha value is -1.88. The number of rotatable bonds is 3. The molecule has 0 saturated carbocycles. The topological polar surface area (TPSA) is 56.9 Å². The van der Waals surface area contributed by atoms with Gasteiger partial charge in [0.25, 0.3) is 0 Å². The first-order chi connectivity index (χ1) is 11.7. The third-order valence-corrected chi connectivity index (χ3v) is 5.38. The largest absolute Gasteiger partial charge is 0.356 e. The van der Waals surface area contributed by atoms with E-state index in [-0.39, 0.29) is 17.8 Å². The third-order valence-electron chi connectivity index (χ3n) is 5.38. The minimum absolute atomic E-state index is 0.0215. The molecule has 2 aliphatic rings. The molecule has 4 rings (SSSR count). The zero-order valence-electron chi connectivity index (χ0n) is 13.8. The van der Waals surface area contributed by atoms with Gasteiger partial charge >= 0.3 is 0 Å². The average molecular weight is 329 g/mol. The van der Waals surface area contributed by atoms with Crippen LogP contribution in [-0.4, -0.2) is 24.0 Å². The van der Waals surface area contributed by atoms with Crippen LogP contribution < -0.4 is 10.6 Å². The Morgan fingerprint density at radius 3 is 3.04 bits per heavy atom. The number of nitrogens with one attached hydrogen (secondary N) is 3. The van der Waals surface area contributed by atoms with Gasteiger partial charge in [0.2, 0.25) is 5.91 Å². The summed E-state index contributed by atoms with van der Waals surface area (Å²) in [7, 11) is 0. The van der Waals surface area contributed by atoms with Crippen molar-refractivity contribution in [3.63, 3.8) is 0 Å². The maximum atomic E-state index is 13.6. The molecule has 1 aliphatic carbocycles. The van der Waals surface area contributed by atoms with Crippen LogP contribution in [0.4, 0.5) is 4.39 Å².